The number of nitrogens with one attached hydrogen (secondary N) is 1. The van der Waals surface area contributed by atoms with Gasteiger partial charge in [-0.1, -0.05) is 31.7 Å². The predicted molar refractivity (Wildman–Crippen MR) is 168 cm³/mol. The third-order valence-corrected chi connectivity index (χ3v) is 9.52. The number of piperidine rings is 2. The van der Waals surface area contributed by atoms with E-state index in [0.717, 1.165) is 60.9 Å². The number of fused-ring (bicyclic) bond motifs is 2. The summed E-state index contributed by atoms with van der Waals surface area (Å²) in [6.45, 7) is 10.0. The van der Waals surface area contributed by atoms with Gasteiger partial charge in [-0.2, -0.15) is 13.2 Å². The lowest BCUT2D eigenvalue weighted by atomic mass is 9.87. The van der Waals surface area contributed by atoms with Gasteiger partial charge in [-0.25, -0.2) is 0 Å². The summed E-state index contributed by atoms with van der Waals surface area (Å²) in [5, 5.41) is 3.51. The first-order chi connectivity index (χ1) is 17.7. The summed E-state index contributed by atoms with van der Waals surface area (Å²) in [6, 6.07) is 9.43. The van der Waals surface area contributed by atoms with Crippen LogP contribution in [0.4, 0.5) is 24.5 Å². The van der Waals surface area contributed by atoms with E-state index in [1.807, 2.05) is 0 Å². The zero-order chi connectivity index (χ0) is 26.2. The first-order valence-corrected chi connectivity index (χ1v) is 14.5. The zero-order valence-corrected chi connectivity index (χ0v) is 26.4. The zero-order valence-electron chi connectivity index (χ0n) is 23.1. The van der Waals surface area contributed by atoms with Crippen LogP contribution in [-0.2, 0) is 12.6 Å². The third-order valence-electron chi connectivity index (χ3n) is 8.33. The second-order valence-electron chi connectivity index (χ2n) is 11.2. The molecule has 0 saturated carbocycles. The number of likely N-dealkylation sites (tertiary alicyclic amines) is 1. The Kier molecular flexibility index (Phi) is 13.1. The van der Waals surface area contributed by atoms with E-state index in [2.05, 4.69) is 47.2 Å². The standard InChI is InChI=1S/C29H39F3N4S.3ClH/c1-19(2)21-4-3-10-36(18-21)24-6-5-20-14-25-26(34-23-7-11-35(12-8-23)13-9-33)15-22(29(30,31)32)16-28(25)37-27(20)17-24;;;/h5-6,15-17,19,21,23,34H,3-4,7-14,18,33H2,1-2H3;3*1H. The second-order valence-corrected chi connectivity index (χ2v) is 12.3. The van der Waals surface area contributed by atoms with Crippen molar-refractivity contribution in [2.75, 3.05) is 49.5 Å². The molecular weight excluding hydrogens is 600 g/mol. The molecule has 0 aromatic heterocycles. The Bertz CT molecular complexity index is 1110. The summed E-state index contributed by atoms with van der Waals surface area (Å²) in [5.74, 6) is 1.34. The van der Waals surface area contributed by atoms with E-state index < -0.39 is 11.7 Å². The molecule has 2 fully saturated rings. The average Bonchev–Trinajstić information content (AvgIpc) is 2.88. The molecule has 40 heavy (non-hydrogen) atoms. The SMILES string of the molecule is CC(C)C1CCCN(c2ccc3c(c2)Sc2cc(C(F)(F)F)cc(NC4CCN(CCN)CC4)c2C3)C1.Cl.Cl.Cl. The topological polar surface area (TPSA) is 44.5 Å². The Morgan fingerprint density at radius 2 is 1.73 bits per heavy atom. The van der Waals surface area contributed by atoms with Gasteiger partial charge >= 0.3 is 6.18 Å². The number of hydrogen-bond donors (Lipinski definition) is 2. The molecule has 5 rings (SSSR count). The van der Waals surface area contributed by atoms with Crippen LogP contribution in [0.5, 0.6) is 0 Å². The molecule has 2 saturated heterocycles. The van der Waals surface area contributed by atoms with Crippen LogP contribution in [-0.4, -0.2) is 50.2 Å². The highest BCUT2D eigenvalue weighted by molar-refractivity contribution is 7.99. The minimum atomic E-state index is -4.38. The largest absolute Gasteiger partial charge is 0.416 e. The summed E-state index contributed by atoms with van der Waals surface area (Å²) < 4.78 is 41.7. The lowest BCUT2D eigenvalue weighted by Gasteiger charge is -2.37. The van der Waals surface area contributed by atoms with E-state index in [4.69, 9.17) is 5.73 Å². The van der Waals surface area contributed by atoms with Gasteiger partial charge in [-0.15, -0.1) is 37.2 Å². The number of nitrogens with two attached hydrogens (primary N) is 1. The van der Waals surface area contributed by atoms with Crippen molar-refractivity contribution in [1.82, 2.24) is 4.90 Å². The minimum Gasteiger partial charge on any atom is -0.382 e. The van der Waals surface area contributed by atoms with Crippen LogP contribution in [0.25, 0.3) is 0 Å². The maximum Gasteiger partial charge on any atom is 0.416 e. The normalized spacial score (nSPS) is 19.6. The number of halogens is 6. The van der Waals surface area contributed by atoms with E-state index in [1.165, 1.54) is 48.0 Å². The van der Waals surface area contributed by atoms with E-state index in [1.54, 1.807) is 0 Å². The summed E-state index contributed by atoms with van der Waals surface area (Å²) in [7, 11) is 0. The molecule has 4 nitrogen and oxygen atoms in total. The van der Waals surface area contributed by atoms with Crippen LogP contribution in [0.3, 0.4) is 0 Å². The molecule has 1 atom stereocenters. The van der Waals surface area contributed by atoms with Gasteiger partial charge in [0, 0.05) is 72.9 Å². The minimum absolute atomic E-state index is 0. The maximum absolute atomic E-state index is 13.9. The van der Waals surface area contributed by atoms with Gasteiger partial charge in [0.2, 0.25) is 0 Å². The second kappa shape index (κ2) is 14.9. The lowest BCUT2D eigenvalue weighted by molar-refractivity contribution is -0.137. The Hall–Kier alpha value is -1.03. The molecule has 3 aliphatic heterocycles. The van der Waals surface area contributed by atoms with Crippen LogP contribution in [0.2, 0.25) is 0 Å². The highest BCUT2D eigenvalue weighted by Gasteiger charge is 2.34. The highest BCUT2D eigenvalue weighted by atomic mass is 35.5. The molecule has 0 bridgehead atoms. The van der Waals surface area contributed by atoms with Crippen LogP contribution in [0, 0.1) is 11.8 Å². The Morgan fingerprint density at radius 1 is 1.00 bits per heavy atom. The molecule has 11 heteroatoms. The van der Waals surface area contributed by atoms with Crippen molar-refractivity contribution in [3.05, 3.63) is 47.0 Å². The Balaban J connectivity index is 0.00000187. The molecule has 3 aliphatic rings. The molecule has 0 aliphatic carbocycles. The Morgan fingerprint density at radius 3 is 2.38 bits per heavy atom. The number of nitrogens with zero attached hydrogens (tertiary/aromatic N) is 2. The molecule has 0 amide bonds. The van der Waals surface area contributed by atoms with Crippen molar-refractivity contribution < 1.29 is 13.2 Å². The molecule has 3 N–H and O–H groups in total. The summed E-state index contributed by atoms with van der Waals surface area (Å²) >= 11 is 1.49. The van der Waals surface area contributed by atoms with Crippen LogP contribution < -0.4 is 16.0 Å². The van der Waals surface area contributed by atoms with Gasteiger partial charge in [-0.05, 0) is 72.9 Å². The smallest absolute Gasteiger partial charge is 0.382 e. The molecule has 3 heterocycles. The molecule has 226 valence electrons. The molecular formula is C29H42Cl3F3N4S. The summed E-state index contributed by atoms with van der Waals surface area (Å²) in [6.07, 6.45) is 0.544. The quantitative estimate of drug-likeness (QED) is 0.288. The van der Waals surface area contributed by atoms with Crippen molar-refractivity contribution in [2.24, 2.45) is 17.6 Å². The van der Waals surface area contributed by atoms with E-state index in [0.29, 0.717) is 30.5 Å². The van der Waals surface area contributed by atoms with E-state index in [9.17, 15) is 13.2 Å². The third kappa shape index (κ3) is 8.07. The van der Waals surface area contributed by atoms with E-state index in [-0.39, 0.29) is 43.3 Å². The number of hydrogen-bond acceptors (Lipinski definition) is 5. The summed E-state index contributed by atoms with van der Waals surface area (Å²) in [4.78, 5) is 6.59. The number of rotatable bonds is 6. The lowest BCUT2D eigenvalue weighted by Crippen LogP contribution is -2.41. The van der Waals surface area contributed by atoms with Gasteiger partial charge in [0.05, 0.1) is 5.56 Å². The monoisotopic (exact) mass is 640 g/mol. The first kappa shape index (κ1) is 35.2. The molecule has 2 aromatic carbocycles. The molecule has 0 spiro atoms. The van der Waals surface area contributed by atoms with Crippen molar-refractivity contribution in [2.45, 2.75) is 68.0 Å². The average molecular weight is 642 g/mol. The van der Waals surface area contributed by atoms with Gasteiger partial charge < -0.3 is 20.9 Å². The maximum atomic E-state index is 13.9. The van der Waals surface area contributed by atoms with Crippen LogP contribution in [0.1, 0.15) is 56.2 Å². The van der Waals surface area contributed by atoms with Gasteiger partial charge in [0.25, 0.3) is 0 Å². The van der Waals surface area contributed by atoms with Crippen LogP contribution >= 0.6 is 49.0 Å². The number of benzene rings is 2. The molecule has 2 aromatic rings. The summed E-state index contributed by atoms with van der Waals surface area (Å²) in [5.41, 5.74) is 9.13. The first-order valence-electron chi connectivity index (χ1n) is 13.7. The van der Waals surface area contributed by atoms with Crippen molar-refractivity contribution in [1.29, 1.82) is 0 Å². The fourth-order valence-corrected chi connectivity index (χ4v) is 7.17. The van der Waals surface area contributed by atoms with Crippen LogP contribution in [0.15, 0.2) is 40.1 Å². The van der Waals surface area contributed by atoms with Crippen molar-refractivity contribution in [3.63, 3.8) is 0 Å². The van der Waals surface area contributed by atoms with Gasteiger partial charge in [0.1, 0.15) is 0 Å². The number of anilines is 2. The fraction of sp³-hybridized carbons (Fsp3) is 0.586. The highest BCUT2D eigenvalue weighted by Crippen LogP contribution is 2.47. The number of alkyl halides is 3. The van der Waals surface area contributed by atoms with Crippen molar-refractivity contribution >= 4 is 60.4 Å². The molecule has 0 radical (unpaired) electrons. The predicted octanol–water partition coefficient (Wildman–Crippen LogP) is 7.73. The fourth-order valence-electron chi connectivity index (χ4n) is 5.99. The van der Waals surface area contributed by atoms with Crippen molar-refractivity contribution in [3.8, 4) is 0 Å². The Labute approximate surface area is 259 Å². The van der Waals surface area contributed by atoms with Gasteiger partial charge in [-0.3, -0.25) is 0 Å². The molecule has 1 unspecified atom stereocenters. The van der Waals surface area contributed by atoms with Gasteiger partial charge in [0.15, 0.2) is 0 Å². The van der Waals surface area contributed by atoms with E-state index >= 15 is 0 Å².